The van der Waals surface area contributed by atoms with Gasteiger partial charge in [0, 0.05) is 13.2 Å². The van der Waals surface area contributed by atoms with Crippen LogP contribution in [0, 0.1) is 0 Å². The zero-order chi connectivity index (χ0) is 6.83. The van der Waals surface area contributed by atoms with E-state index < -0.39 is 0 Å². The third-order valence-corrected chi connectivity index (χ3v) is 0.316. The summed E-state index contributed by atoms with van der Waals surface area (Å²) in [7, 11) is -0.361. The van der Waals surface area contributed by atoms with Gasteiger partial charge in [0.1, 0.15) is 0 Å². The van der Waals surface area contributed by atoms with Gasteiger partial charge in [-0.1, -0.05) is 0 Å². The van der Waals surface area contributed by atoms with Crippen molar-refractivity contribution in [3.63, 3.8) is 0 Å². The van der Waals surface area contributed by atoms with E-state index in [1.54, 1.807) is 0 Å². The lowest BCUT2D eigenvalue weighted by Crippen LogP contribution is -1.85. The summed E-state index contributed by atoms with van der Waals surface area (Å²) in [5, 5.41) is 15.8. The van der Waals surface area contributed by atoms with E-state index in [2.05, 4.69) is 11.2 Å². The fourth-order valence-corrected chi connectivity index (χ4v) is 0.0707. The maximum absolute atomic E-state index is 8.67. The molecule has 0 radical (unpaired) electrons. The number of aliphatic hydroxyl groups is 2. The van der Waals surface area contributed by atoms with E-state index in [0.717, 1.165) is 0 Å². The van der Waals surface area contributed by atoms with Crippen LogP contribution in [0.25, 0.3) is 0 Å². The van der Waals surface area contributed by atoms with Crippen molar-refractivity contribution >= 4 is 19.1 Å². The Bertz CT molecular complexity index is 41.5. The first-order valence-corrected chi connectivity index (χ1v) is 3.70. The van der Waals surface area contributed by atoms with Crippen LogP contribution in [0.4, 0.5) is 0 Å². The Balaban J connectivity index is 0. The molecule has 0 aromatic carbocycles. The minimum Gasteiger partial charge on any atom is -0.396 e. The summed E-state index contributed by atoms with van der Waals surface area (Å²) in [4.78, 5) is 0. The summed E-state index contributed by atoms with van der Waals surface area (Å²) in [6, 6.07) is 0. The minimum atomic E-state index is -0.361. The zero-order valence-corrected chi connectivity index (χ0v) is 5.90. The molecule has 2 N–H and O–H groups in total. The monoisotopic (exact) mass is 158 g/mol. The highest BCUT2D eigenvalue weighted by Gasteiger charge is 1.70. The Morgan fingerprint density at radius 2 is 1.62 bits per heavy atom. The molecule has 0 atom stereocenters. The van der Waals surface area contributed by atoms with Crippen LogP contribution in [0.1, 0.15) is 6.42 Å². The van der Waals surface area contributed by atoms with E-state index in [1.807, 2.05) is 0 Å². The summed E-state index contributed by atoms with van der Waals surface area (Å²) in [6.07, 6.45) is 0.500. The quantitative estimate of drug-likeness (QED) is 0.585. The second kappa shape index (κ2) is 15.7. The SMILES string of the molecule is O=PCl.OCCCO. The molecule has 0 rings (SSSR count). The van der Waals surface area contributed by atoms with Crippen molar-refractivity contribution < 1.29 is 14.8 Å². The van der Waals surface area contributed by atoms with E-state index in [4.69, 9.17) is 14.8 Å². The van der Waals surface area contributed by atoms with Crippen molar-refractivity contribution in [2.24, 2.45) is 0 Å². The topological polar surface area (TPSA) is 57.5 Å². The zero-order valence-electron chi connectivity index (χ0n) is 4.25. The highest BCUT2D eigenvalue weighted by atomic mass is 35.7. The molecule has 0 fully saturated rings. The molecule has 0 aliphatic carbocycles. The number of rotatable bonds is 2. The Labute approximate surface area is 54.3 Å². The first-order valence-electron chi connectivity index (χ1n) is 1.98. The maximum atomic E-state index is 8.67. The van der Waals surface area contributed by atoms with Crippen molar-refractivity contribution in [2.45, 2.75) is 6.42 Å². The van der Waals surface area contributed by atoms with Gasteiger partial charge in [-0.25, -0.2) is 0 Å². The summed E-state index contributed by atoms with van der Waals surface area (Å²) in [5.41, 5.74) is 0. The molecular formula is C3H8ClO3P. The largest absolute Gasteiger partial charge is 0.396 e. The number of hydrogen-bond donors (Lipinski definition) is 2. The van der Waals surface area contributed by atoms with Gasteiger partial charge in [-0.15, -0.1) is 0 Å². The van der Waals surface area contributed by atoms with Crippen LogP contribution in [0.5, 0.6) is 0 Å². The third kappa shape index (κ3) is 33.3. The van der Waals surface area contributed by atoms with Crippen LogP contribution in [-0.4, -0.2) is 23.4 Å². The highest BCUT2D eigenvalue weighted by molar-refractivity contribution is 7.57. The highest BCUT2D eigenvalue weighted by Crippen LogP contribution is 1.92. The van der Waals surface area contributed by atoms with Crippen LogP contribution < -0.4 is 0 Å². The Morgan fingerprint density at radius 3 is 1.62 bits per heavy atom. The molecule has 0 saturated carbocycles. The molecule has 0 heterocycles. The first-order chi connectivity index (χ1) is 3.83. The average Bonchev–Trinajstić information content (AvgIpc) is 1.71. The van der Waals surface area contributed by atoms with Gasteiger partial charge >= 0.3 is 0 Å². The van der Waals surface area contributed by atoms with Crippen molar-refractivity contribution in [3.05, 3.63) is 0 Å². The molecule has 0 aromatic heterocycles. The minimum absolute atomic E-state index is 0.0938. The van der Waals surface area contributed by atoms with Crippen LogP contribution >= 0.6 is 19.1 Å². The molecule has 0 aliphatic rings. The van der Waals surface area contributed by atoms with E-state index in [0.29, 0.717) is 6.42 Å². The number of aliphatic hydroxyl groups excluding tert-OH is 2. The molecule has 3 nitrogen and oxygen atoms in total. The smallest absolute Gasteiger partial charge is 0.267 e. The maximum Gasteiger partial charge on any atom is 0.267 e. The molecule has 0 unspecified atom stereocenters. The summed E-state index contributed by atoms with van der Waals surface area (Å²) in [5.74, 6) is 0. The molecule has 0 spiro atoms. The van der Waals surface area contributed by atoms with E-state index in [1.165, 1.54) is 0 Å². The van der Waals surface area contributed by atoms with Crippen LogP contribution in [0.3, 0.4) is 0 Å². The van der Waals surface area contributed by atoms with Gasteiger partial charge in [0.15, 0.2) is 0 Å². The normalized spacial score (nSPS) is 7.88. The fraction of sp³-hybridized carbons (Fsp3) is 1.00. The standard InChI is InChI=1S/C3H8O2.ClOP/c4-2-1-3-5;1-3-2/h4-5H,1-3H2;. The second-order valence-electron chi connectivity index (χ2n) is 0.870. The molecule has 50 valence electrons. The lowest BCUT2D eigenvalue weighted by Gasteiger charge is -1.79. The van der Waals surface area contributed by atoms with Gasteiger partial charge in [-0.05, 0) is 17.7 Å². The van der Waals surface area contributed by atoms with Crippen molar-refractivity contribution in [2.75, 3.05) is 13.2 Å². The molecule has 0 bridgehead atoms. The van der Waals surface area contributed by atoms with E-state index >= 15 is 0 Å². The van der Waals surface area contributed by atoms with Gasteiger partial charge in [0.2, 0.25) is 0 Å². The third-order valence-electron chi connectivity index (χ3n) is 0.316. The lowest BCUT2D eigenvalue weighted by molar-refractivity contribution is 0.221. The Hall–Kier alpha value is 0.310. The van der Waals surface area contributed by atoms with Gasteiger partial charge in [-0.3, -0.25) is 4.57 Å². The van der Waals surface area contributed by atoms with Gasteiger partial charge in [-0.2, -0.15) is 0 Å². The number of hydrogen-bond acceptors (Lipinski definition) is 3. The Morgan fingerprint density at radius 1 is 1.38 bits per heavy atom. The second-order valence-corrected chi connectivity index (χ2v) is 1.42. The van der Waals surface area contributed by atoms with Crippen LogP contribution in [0.15, 0.2) is 0 Å². The molecule has 0 aliphatic heterocycles. The van der Waals surface area contributed by atoms with Crippen LogP contribution in [-0.2, 0) is 4.57 Å². The summed E-state index contributed by atoms with van der Waals surface area (Å²) >= 11 is 4.42. The molecule has 5 heteroatoms. The Kier molecular flexibility index (Phi) is 21.8. The predicted molar refractivity (Wildman–Crippen MR) is 32.2 cm³/mol. The van der Waals surface area contributed by atoms with Gasteiger partial charge in [0.25, 0.3) is 7.81 Å². The first kappa shape index (κ1) is 11.2. The average molecular weight is 159 g/mol. The lowest BCUT2D eigenvalue weighted by atomic mass is 10.5. The molecular weight excluding hydrogens is 150 g/mol. The van der Waals surface area contributed by atoms with Gasteiger partial charge < -0.3 is 10.2 Å². The predicted octanol–water partition coefficient (Wildman–Crippen LogP) is 0.793. The van der Waals surface area contributed by atoms with Crippen molar-refractivity contribution in [1.29, 1.82) is 0 Å². The fourth-order valence-electron chi connectivity index (χ4n) is 0.0707. The molecule has 0 aromatic rings. The van der Waals surface area contributed by atoms with Crippen LogP contribution in [0.2, 0.25) is 0 Å². The van der Waals surface area contributed by atoms with E-state index in [9.17, 15) is 0 Å². The van der Waals surface area contributed by atoms with Gasteiger partial charge in [0.05, 0.1) is 0 Å². The summed E-state index contributed by atoms with van der Waals surface area (Å²) in [6.45, 7) is 0.188. The molecule has 8 heavy (non-hydrogen) atoms. The molecule has 0 amide bonds. The van der Waals surface area contributed by atoms with E-state index in [-0.39, 0.29) is 21.0 Å². The summed E-state index contributed by atoms with van der Waals surface area (Å²) < 4.78 is 8.67. The van der Waals surface area contributed by atoms with Crippen molar-refractivity contribution in [3.8, 4) is 0 Å². The number of halogens is 1. The van der Waals surface area contributed by atoms with Crippen molar-refractivity contribution in [1.82, 2.24) is 0 Å². The molecule has 0 saturated heterocycles.